The first-order valence-corrected chi connectivity index (χ1v) is 9.74. The smallest absolute Gasteiger partial charge is 0.408 e. The van der Waals surface area contributed by atoms with E-state index in [-0.39, 0.29) is 12.5 Å². The molecule has 1 aliphatic heterocycles. The minimum atomic E-state index is -1.27. The van der Waals surface area contributed by atoms with Gasteiger partial charge in [0.1, 0.15) is 18.2 Å². The summed E-state index contributed by atoms with van der Waals surface area (Å²) >= 11 is 0. The highest BCUT2D eigenvalue weighted by molar-refractivity contribution is 6.00. The van der Waals surface area contributed by atoms with E-state index in [9.17, 15) is 14.4 Å². The van der Waals surface area contributed by atoms with Crippen LogP contribution in [0.15, 0.2) is 48.5 Å². The zero-order chi connectivity index (χ0) is 21.7. The number of anilines is 2. The van der Waals surface area contributed by atoms with Gasteiger partial charge < -0.3 is 26.4 Å². The maximum Gasteiger partial charge on any atom is 0.408 e. The molecule has 2 aromatic carbocycles. The van der Waals surface area contributed by atoms with Gasteiger partial charge in [0.15, 0.2) is 0 Å². The van der Waals surface area contributed by atoms with E-state index in [2.05, 4.69) is 16.0 Å². The SMILES string of the molecule is CC(C)(NC(=O)OCc1ccccc1)C(=O)N[C@@H]1CCc2cc(N)ccc2NC1=O. The van der Waals surface area contributed by atoms with Crippen molar-refractivity contribution in [3.05, 3.63) is 59.7 Å². The number of nitrogens with one attached hydrogen (secondary N) is 3. The number of aryl methyl sites for hydroxylation is 1. The van der Waals surface area contributed by atoms with Crippen molar-refractivity contribution in [3.63, 3.8) is 0 Å². The number of carbonyl (C=O) groups is 3. The summed E-state index contributed by atoms with van der Waals surface area (Å²) in [6, 6.07) is 13.8. The average molecular weight is 410 g/mol. The molecule has 5 N–H and O–H groups in total. The first-order chi connectivity index (χ1) is 14.2. The number of fused-ring (bicyclic) bond motifs is 1. The average Bonchev–Trinajstić information content (AvgIpc) is 2.85. The number of carbonyl (C=O) groups excluding carboxylic acids is 3. The zero-order valence-electron chi connectivity index (χ0n) is 17.0. The summed E-state index contributed by atoms with van der Waals surface area (Å²) in [4.78, 5) is 37.4. The van der Waals surface area contributed by atoms with Gasteiger partial charge in [-0.25, -0.2) is 4.79 Å². The molecule has 0 aliphatic carbocycles. The molecule has 8 nitrogen and oxygen atoms in total. The standard InChI is InChI=1S/C22H26N4O4/c1-22(2,26-21(29)30-13-14-6-4-3-5-7-14)20(28)25-18-10-8-15-12-16(23)9-11-17(15)24-19(18)27/h3-7,9,11-12,18H,8,10,13,23H2,1-2H3,(H,24,27)(H,25,28)(H,26,29)/t18-/m1/s1. The molecule has 0 aromatic heterocycles. The van der Waals surface area contributed by atoms with Crippen LogP contribution in [-0.4, -0.2) is 29.5 Å². The zero-order valence-corrected chi connectivity index (χ0v) is 17.0. The first kappa shape index (κ1) is 21.2. The number of ether oxygens (including phenoxy) is 1. The van der Waals surface area contributed by atoms with Gasteiger partial charge >= 0.3 is 6.09 Å². The van der Waals surface area contributed by atoms with Gasteiger partial charge in [0, 0.05) is 11.4 Å². The van der Waals surface area contributed by atoms with Gasteiger partial charge in [0.05, 0.1) is 0 Å². The largest absolute Gasteiger partial charge is 0.445 e. The van der Waals surface area contributed by atoms with Crippen LogP contribution in [0, 0.1) is 0 Å². The minimum Gasteiger partial charge on any atom is -0.445 e. The Morgan fingerprint density at radius 3 is 2.67 bits per heavy atom. The van der Waals surface area contributed by atoms with Gasteiger partial charge in [-0.3, -0.25) is 9.59 Å². The summed E-state index contributed by atoms with van der Waals surface area (Å²) in [5.41, 5.74) is 7.61. The van der Waals surface area contributed by atoms with Crippen LogP contribution >= 0.6 is 0 Å². The van der Waals surface area contributed by atoms with Gasteiger partial charge in [-0.05, 0) is 56.0 Å². The van der Waals surface area contributed by atoms with Gasteiger partial charge in [-0.15, -0.1) is 0 Å². The lowest BCUT2D eigenvalue weighted by atomic mass is 10.0. The van der Waals surface area contributed by atoms with Crippen molar-refractivity contribution in [2.45, 2.75) is 44.9 Å². The highest BCUT2D eigenvalue weighted by Gasteiger charge is 2.34. The van der Waals surface area contributed by atoms with Crippen LogP contribution in [0.4, 0.5) is 16.2 Å². The Morgan fingerprint density at radius 1 is 1.20 bits per heavy atom. The molecule has 30 heavy (non-hydrogen) atoms. The number of alkyl carbamates (subject to hydrolysis) is 1. The highest BCUT2D eigenvalue weighted by Crippen LogP contribution is 2.24. The summed E-state index contributed by atoms with van der Waals surface area (Å²) < 4.78 is 5.18. The first-order valence-electron chi connectivity index (χ1n) is 9.74. The predicted molar refractivity (Wildman–Crippen MR) is 114 cm³/mol. The highest BCUT2D eigenvalue weighted by atomic mass is 16.5. The minimum absolute atomic E-state index is 0.0940. The van der Waals surface area contributed by atoms with Crippen LogP contribution in [0.1, 0.15) is 31.4 Å². The number of nitrogens with two attached hydrogens (primary N) is 1. The summed E-state index contributed by atoms with van der Waals surface area (Å²) in [5.74, 6) is -0.792. The summed E-state index contributed by atoms with van der Waals surface area (Å²) in [7, 11) is 0. The van der Waals surface area contributed by atoms with Crippen LogP contribution in [0.2, 0.25) is 0 Å². The Bertz CT molecular complexity index is 943. The monoisotopic (exact) mass is 410 g/mol. The van der Waals surface area contributed by atoms with E-state index in [1.54, 1.807) is 26.0 Å². The number of benzene rings is 2. The Morgan fingerprint density at radius 2 is 1.93 bits per heavy atom. The molecular weight excluding hydrogens is 384 g/mol. The van der Waals surface area contributed by atoms with Crippen molar-refractivity contribution in [1.82, 2.24) is 10.6 Å². The lowest BCUT2D eigenvalue weighted by molar-refractivity contribution is -0.130. The Balaban J connectivity index is 1.56. The van der Waals surface area contributed by atoms with E-state index < -0.39 is 23.6 Å². The number of hydrogen-bond donors (Lipinski definition) is 4. The molecule has 8 heteroatoms. The van der Waals surface area contributed by atoms with Crippen molar-refractivity contribution >= 4 is 29.3 Å². The Labute approximate surface area is 175 Å². The number of nitrogen functional groups attached to an aromatic ring is 1. The molecule has 0 saturated carbocycles. The summed E-state index contributed by atoms with van der Waals surface area (Å²) in [6.07, 6.45) is 0.284. The molecule has 3 amide bonds. The fourth-order valence-electron chi connectivity index (χ4n) is 3.14. The van der Waals surface area contributed by atoms with E-state index in [0.29, 0.717) is 24.2 Å². The van der Waals surface area contributed by atoms with E-state index in [0.717, 1.165) is 11.1 Å². The third kappa shape index (κ3) is 5.28. The third-order valence-electron chi connectivity index (χ3n) is 4.91. The summed E-state index contributed by atoms with van der Waals surface area (Å²) in [5, 5.41) is 8.09. The second kappa shape index (κ2) is 8.86. The molecule has 0 unspecified atom stereocenters. The van der Waals surface area contributed by atoms with E-state index in [1.807, 2.05) is 36.4 Å². The molecule has 0 radical (unpaired) electrons. The molecule has 0 spiro atoms. The summed E-state index contributed by atoms with van der Waals surface area (Å²) in [6.45, 7) is 3.20. The van der Waals surface area contributed by atoms with Gasteiger partial charge in [-0.1, -0.05) is 30.3 Å². The van der Waals surface area contributed by atoms with Crippen molar-refractivity contribution in [2.24, 2.45) is 0 Å². The van der Waals surface area contributed by atoms with Crippen LogP contribution < -0.4 is 21.7 Å². The van der Waals surface area contributed by atoms with Crippen molar-refractivity contribution in [2.75, 3.05) is 11.1 Å². The predicted octanol–water partition coefficient (Wildman–Crippen LogP) is 2.34. The van der Waals surface area contributed by atoms with E-state index in [1.165, 1.54) is 0 Å². The number of amides is 3. The molecule has 0 saturated heterocycles. The van der Waals surface area contributed by atoms with Crippen molar-refractivity contribution < 1.29 is 19.1 Å². The second-order valence-electron chi connectivity index (χ2n) is 7.78. The molecule has 1 aliphatic rings. The normalized spacial score (nSPS) is 15.9. The second-order valence-corrected chi connectivity index (χ2v) is 7.78. The Hall–Kier alpha value is -3.55. The molecule has 0 bridgehead atoms. The number of rotatable bonds is 5. The lowest BCUT2D eigenvalue weighted by Gasteiger charge is -2.27. The van der Waals surface area contributed by atoms with Crippen molar-refractivity contribution in [1.29, 1.82) is 0 Å². The third-order valence-corrected chi connectivity index (χ3v) is 4.91. The van der Waals surface area contributed by atoms with E-state index >= 15 is 0 Å². The molecule has 1 heterocycles. The fourth-order valence-corrected chi connectivity index (χ4v) is 3.14. The van der Waals surface area contributed by atoms with Crippen LogP contribution in [0.5, 0.6) is 0 Å². The molecule has 3 rings (SSSR count). The van der Waals surface area contributed by atoms with Crippen molar-refractivity contribution in [3.8, 4) is 0 Å². The maximum absolute atomic E-state index is 12.7. The molecular formula is C22H26N4O4. The Kier molecular flexibility index (Phi) is 6.25. The maximum atomic E-state index is 12.7. The topological polar surface area (TPSA) is 123 Å². The molecule has 2 aromatic rings. The van der Waals surface area contributed by atoms with Gasteiger partial charge in [0.25, 0.3) is 0 Å². The van der Waals surface area contributed by atoms with Crippen LogP contribution in [0.3, 0.4) is 0 Å². The lowest BCUT2D eigenvalue weighted by Crippen LogP contribution is -2.58. The fraction of sp³-hybridized carbons (Fsp3) is 0.318. The molecule has 1 atom stereocenters. The number of hydrogen-bond acceptors (Lipinski definition) is 5. The quantitative estimate of drug-likeness (QED) is 0.564. The van der Waals surface area contributed by atoms with Crippen LogP contribution in [-0.2, 0) is 27.4 Å². The van der Waals surface area contributed by atoms with Crippen LogP contribution in [0.25, 0.3) is 0 Å². The molecule has 0 fully saturated rings. The van der Waals surface area contributed by atoms with Gasteiger partial charge in [0.2, 0.25) is 11.8 Å². The molecule has 158 valence electrons. The van der Waals surface area contributed by atoms with Gasteiger partial charge in [-0.2, -0.15) is 0 Å². The van der Waals surface area contributed by atoms with E-state index in [4.69, 9.17) is 10.5 Å².